The lowest BCUT2D eigenvalue weighted by atomic mass is 10.1. The Morgan fingerprint density at radius 3 is 2.37 bits per heavy atom. The second-order valence-corrected chi connectivity index (χ2v) is 6.03. The van der Waals surface area contributed by atoms with Gasteiger partial charge in [-0.25, -0.2) is 4.99 Å². The third kappa shape index (κ3) is 8.96. The van der Waals surface area contributed by atoms with Crippen molar-refractivity contribution in [2.75, 3.05) is 25.0 Å². The molecule has 0 aromatic heterocycles. The Labute approximate surface area is 181 Å². The molecule has 0 aliphatic heterocycles. The van der Waals surface area contributed by atoms with Crippen LogP contribution < -0.4 is 16.0 Å². The Morgan fingerprint density at radius 2 is 1.74 bits per heavy atom. The number of phenolic OH excluding ortho intramolecular Hbond substituents is 1. The average Bonchev–Trinajstić information content (AvgIpc) is 2.63. The largest absolute Gasteiger partial charge is 0.508 e. The molecule has 0 fully saturated rings. The molecule has 2 aromatic rings. The lowest BCUT2D eigenvalue weighted by Gasteiger charge is -2.11. The van der Waals surface area contributed by atoms with E-state index in [2.05, 4.69) is 20.9 Å². The van der Waals surface area contributed by atoms with E-state index in [0.29, 0.717) is 24.7 Å². The van der Waals surface area contributed by atoms with Gasteiger partial charge in [-0.05, 0) is 55.3 Å². The van der Waals surface area contributed by atoms with Crippen LogP contribution in [0.3, 0.4) is 0 Å². The van der Waals surface area contributed by atoms with Crippen molar-refractivity contribution in [1.82, 2.24) is 10.6 Å². The fourth-order valence-corrected chi connectivity index (χ4v) is 2.34. The molecule has 0 radical (unpaired) electrons. The summed E-state index contributed by atoms with van der Waals surface area (Å²) in [4.78, 5) is 16.3. The van der Waals surface area contributed by atoms with Gasteiger partial charge in [0.15, 0.2) is 5.96 Å². The SMILES string of the molecule is CCNC(=NCC(=O)Nc1ccc(O)cc1)NCCc1ccc(Cl)cc1.I. The predicted octanol–water partition coefficient (Wildman–Crippen LogP) is 3.40. The number of aromatic hydroxyl groups is 1. The highest BCUT2D eigenvalue weighted by Crippen LogP contribution is 2.13. The molecule has 8 heteroatoms. The predicted molar refractivity (Wildman–Crippen MR) is 121 cm³/mol. The van der Waals surface area contributed by atoms with E-state index in [0.717, 1.165) is 11.4 Å². The molecule has 0 unspecified atom stereocenters. The minimum Gasteiger partial charge on any atom is -0.508 e. The van der Waals surface area contributed by atoms with E-state index in [1.54, 1.807) is 12.1 Å². The van der Waals surface area contributed by atoms with Crippen LogP contribution in [0.2, 0.25) is 5.02 Å². The van der Waals surface area contributed by atoms with Gasteiger partial charge in [-0.2, -0.15) is 0 Å². The zero-order chi connectivity index (χ0) is 18.8. The molecular weight excluding hydrogens is 479 g/mol. The standard InChI is InChI=1S/C19H23ClN4O2.HI/c1-2-21-19(22-12-11-14-3-5-15(20)6-4-14)23-13-18(26)24-16-7-9-17(25)10-8-16;/h3-10,25H,2,11-13H2,1H3,(H,24,26)(H2,21,22,23);1H. The molecule has 1 amide bonds. The zero-order valence-electron chi connectivity index (χ0n) is 15.0. The molecule has 0 aliphatic rings. The van der Waals surface area contributed by atoms with Gasteiger partial charge < -0.3 is 21.1 Å². The molecule has 0 atom stereocenters. The van der Waals surface area contributed by atoms with E-state index >= 15 is 0 Å². The van der Waals surface area contributed by atoms with Crippen LogP contribution in [0.5, 0.6) is 5.75 Å². The van der Waals surface area contributed by atoms with Crippen LogP contribution >= 0.6 is 35.6 Å². The molecule has 0 heterocycles. The topological polar surface area (TPSA) is 85.8 Å². The number of carbonyl (C=O) groups excluding carboxylic acids is 1. The second kappa shape index (κ2) is 12.4. The number of halogens is 2. The van der Waals surface area contributed by atoms with E-state index in [1.807, 2.05) is 31.2 Å². The average molecular weight is 503 g/mol. The monoisotopic (exact) mass is 502 g/mol. The number of carbonyl (C=O) groups is 1. The Balaban J connectivity index is 0.00000364. The number of phenols is 1. The van der Waals surface area contributed by atoms with E-state index in [4.69, 9.17) is 11.6 Å². The van der Waals surface area contributed by atoms with Gasteiger partial charge >= 0.3 is 0 Å². The van der Waals surface area contributed by atoms with Gasteiger partial charge in [0.25, 0.3) is 0 Å². The lowest BCUT2D eigenvalue weighted by Crippen LogP contribution is -2.39. The summed E-state index contributed by atoms with van der Waals surface area (Å²) in [6.07, 6.45) is 0.821. The number of anilines is 1. The molecule has 146 valence electrons. The fraction of sp³-hybridized carbons (Fsp3) is 0.263. The summed E-state index contributed by atoms with van der Waals surface area (Å²) >= 11 is 5.88. The number of hydrogen-bond acceptors (Lipinski definition) is 3. The van der Waals surface area contributed by atoms with Gasteiger partial charge in [0, 0.05) is 23.8 Å². The van der Waals surface area contributed by atoms with E-state index in [9.17, 15) is 9.90 Å². The molecule has 0 spiro atoms. The first-order valence-corrected chi connectivity index (χ1v) is 8.80. The smallest absolute Gasteiger partial charge is 0.246 e. The van der Waals surface area contributed by atoms with Gasteiger partial charge in [0.1, 0.15) is 12.3 Å². The molecule has 2 rings (SSSR count). The van der Waals surface area contributed by atoms with Gasteiger partial charge in [0.05, 0.1) is 0 Å². The molecular formula is C19H24ClIN4O2. The van der Waals surface area contributed by atoms with Crippen molar-refractivity contribution in [3.8, 4) is 5.75 Å². The Hall–Kier alpha value is -2.00. The van der Waals surface area contributed by atoms with Crippen LogP contribution in [0.15, 0.2) is 53.5 Å². The van der Waals surface area contributed by atoms with Gasteiger partial charge in [-0.1, -0.05) is 23.7 Å². The number of amides is 1. The second-order valence-electron chi connectivity index (χ2n) is 5.59. The highest BCUT2D eigenvalue weighted by molar-refractivity contribution is 14.0. The maximum absolute atomic E-state index is 12.0. The fourth-order valence-electron chi connectivity index (χ4n) is 2.21. The zero-order valence-corrected chi connectivity index (χ0v) is 18.1. The summed E-state index contributed by atoms with van der Waals surface area (Å²) in [7, 11) is 0. The number of hydrogen-bond donors (Lipinski definition) is 4. The summed E-state index contributed by atoms with van der Waals surface area (Å²) in [5.74, 6) is 0.508. The molecule has 6 nitrogen and oxygen atoms in total. The Kier molecular flexibility index (Phi) is 10.6. The lowest BCUT2D eigenvalue weighted by molar-refractivity contribution is -0.114. The quantitative estimate of drug-likeness (QED) is 0.202. The summed E-state index contributed by atoms with van der Waals surface area (Å²) in [6, 6.07) is 14.0. The van der Waals surface area contributed by atoms with Crippen molar-refractivity contribution < 1.29 is 9.90 Å². The summed E-state index contributed by atoms with van der Waals surface area (Å²) in [5, 5.41) is 19.0. The minimum atomic E-state index is -0.231. The van der Waals surface area contributed by atoms with Crippen LogP contribution in [0.25, 0.3) is 0 Å². The Bertz CT molecular complexity index is 736. The third-order valence-electron chi connectivity index (χ3n) is 3.50. The van der Waals surface area contributed by atoms with Crippen LogP contribution in [-0.4, -0.2) is 36.6 Å². The first-order chi connectivity index (χ1) is 12.6. The first kappa shape index (κ1) is 23.0. The van der Waals surface area contributed by atoms with E-state index in [1.165, 1.54) is 17.7 Å². The molecule has 0 saturated carbocycles. The number of rotatable bonds is 7. The molecule has 2 aromatic carbocycles. The van der Waals surface area contributed by atoms with Crippen molar-refractivity contribution >= 4 is 53.1 Å². The molecule has 0 saturated heterocycles. The number of aliphatic imine (C=N–C) groups is 1. The number of guanidine groups is 1. The summed E-state index contributed by atoms with van der Waals surface area (Å²) in [6.45, 7) is 3.35. The van der Waals surface area contributed by atoms with Crippen LogP contribution in [0, 0.1) is 0 Å². The highest BCUT2D eigenvalue weighted by atomic mass is 127. The molecule has 0 bridgehead atoms. The number of nitrogens with one attached hydrogen (secondary N) is 3. The molecule has 4 N–H and O–H groups in total. The normalized spacial score (nSPS) is 10.7. The van der Waals surface area contributed by atoms with Crippen LogP contribution in [0.4, 0.5) is 5.69 Å². The molecule has 0 aliphatic carbocycles. The van der Waals surface area contributed by atoms with Gasteiger partial charge in [-0.3, -0.25) is 4.79 Å². The third-order valence-corrected chi connectivity index (χ3v) is 3.75. The summed E-state index contributed by atoms with van der Waals surface area (Å²) < 4.78 is 0. The van der Waals surface area contributed by atoms with Crippen molar-refractivity contribution in [3.63, 3.8) is 0 Å². The number of benzene rings is 2. The van der Waals surface area contributed by atoms with Crippen molar-refractivity contribution in [1.29, 1.82) is 0 Å². The highest BCUT2D eigenvalue weighted by Gasteiger charge is 2.03. The van der Waals surface area contributed by atoms with Crippen molar-refractivity contribution in [2.45, 2.75) is 13.3 Å². The van der Waals surface area contributed by atoms with Crippen LogP contribution in [0.1, 0.15) is 12.5 Å². The van der Waals surface area contributed by atoms with Gasteiger partial charge in [0.2, 0.25) is 5.91 Å². The first-order valence-electron chi connectivity index (χ1n) is 8.42. The van der Waals surface area contributed by atoms with Gasteiger partial charge in [-0.15, -0.1) is 24.0 Å². The van der Waals surface area contributed by atoms with E-state index in [-0.39, 0.29) is 42.2 Å². The van der Waals surface area contributed by atoms with Crippen LogP contribution in [-0.2, 0) is 11.2 Å². The molecule has 27 heavy (non-hydrogen) atoms. The minimum absolute atomic E-state index is 0. The number of nitrogens with zero attached hydrogens (tertiary/aromatic N) is 1. The van der Waals surface area contributed by atoms with Crippen molar-refractivity contribution in [3.05, 3.63) is 59.1 Å². The maximum Gasteiger partial charge on any atom is 0.246 e. The maximum atomic E-state index is 12.0. The van der Waals surface area contributed by atoms with Crippen molar-refractivity contribution in [2.24, 2.45) is 4.99 Å². The summed E-state index contributed by atoms with van der Waals surface area (Å²) in [5.41, 5.74) is 1.78. The van der Waals surface area contributed by atoms with E-state index < -0.39 is 0 Å². The Morgan fingerprint density at radius 1 is 1.07 bits per heavy atom.